The lowest BCUT2D eigenvalue weighted by Gasteiger charge is -2.30. The maximum Gasteiger partial charge on any atom is 0.222 e. The topological polar surface area (TPSA) is 32.3 Å². The van der Waals surface area contributed by atoms with Crippen molar-refractivity contribution in [3.63, 3.8) is 0 Å². The van der Waals surface area contributed by atoms with Gasteiger partial charge in [-0.25, -0.2) is 0 Å². The molecule has 1 amide bonds. The van der Waals surface area contributed by atoms with E-state index in [0.717, 1.165) is 39.0 Å². The number of rotatable bonds is 3. The second-order valence-corrected chi connectivity index (χ2v) is 6.82. The Morgan fingerprint density at radius 2 is 1.78 bits per heavy atom. The summed E-state index contributed by atoms with van der Waals surface area (Å²) < 4.78 is 0. The molecular weight excluding hydrogens is 308 g/mol. The monoisotopic (exact) mass is 336 g/mol. The summed E-state index contributed by atoms with van der Waals surface area (Å²) in [6.07, 6.45) is 6.75. The number of nitrogens with zero attached hydrogens (tertiary/aromatic N) is 1. The van der Waals surface area contributed by atoms with Crippen LogP contribution in [0, 0.1) is 5.92 Å². The summed E-state index contributed by atoms with van der Waals surface area (Å²) in [6.45, 7) is 3.82. The molecule has 1 saturated heterocycles. The third-order valence-corrected chi connectivity index (χ3v) is 5.27. The molecule has 1 aliphatic carbocycles. The minimum atomic E-state index is 0. The molecular formula is C19H29ClN2O. The van der Waals surface area contributed by atoms with Gasteiger partial charge in [0, 0.05) is 26.1 Å². The first kappa shape index (κ1) is 18.3. The zero-order chi connectivity index (χ0) is 15.2. The van der Waals surface area contributed by atoms with E-state index in [9.17, 15) is 4.79 Å². The van der Waals surface area contributed by atoms with Crippen molar-refractivity contribution in [2.24, 2.45) is 5.92 Å². The molecule has 0 aromatic heterocycles. The summed E-state index contributed by atoms with van der Waals surface area (Å²) in [6, 6.07) is 10.9. The first-order chi connectivity index (χ1) is 10.8. The second-order valence-electron chi connectivity index (χ2n) is 6.82. The molecule has 0 unspecified atom stereocenters. The second kappa shape index (κ2) is 9.29. The third-order valence-electron chi connectivity index (χ3n) is 5.27. The third kappa shape index (κ3) is 5.22. The lowest BCUT2D eigenvalue weighted by Crippen LogP contribution is -2.35. The minimum absolute atomic E-state index is 0. The summed E-state index contributed by atoms with van der Waals surface area (Å²) in [5.41, 5.74) is 1.48. The molecule has 3 rings (SSSR count). The van der Waals surface area contributed by atoms with Crippen LogP contribution in [0.3, 0.4) is 0 Å². The molecule has 0 bridgehead atoms. The van der Waals surface area contributed by atoms with E-state index in [1.54, 1.807) is 0 Å². The highest BCUT2D eigenvalue weighted by molar-refractivity contribution is 5.85. The van der Waals surface area contributed by atoms with Crippen molar-refractivity contribution < 1.29 is 4.79 Å². The Balaban J connectivity index is 0.00000192. The lowest BCUT2D eigenvalue weighted by atomic mass is 9.77. The molecule has 23 heavy (non-hydrogen) atoms. The Kier molecular flexibility index (Phi) is 7.38. The zero-order valence-corrected chi connectivity index (χ0v) is 14.7. The maximum atomic E-state index is 12.5. The molecule has 4 heteroatoms. The molecule has 1 aromatic rings. The van der Waals surface area contributed by atoms with E-state index in [0.29, 0.717) is 17.7 Å². The molecule has 2 fully saturated rings. The van der Waals surface area contributed by atoms with Crippen molar-refractivity contribution in [3.8, 4) is 0 Å². The largest absolute Gasteiger partial charge is 0.341 e. The zero-order valence-electron chi connectivity index (χ0n) is 13.9. The number of carbonyl (C=O) groups is 1. The van der Waals surface area contributed by atoms with Gasteiger partial charge in [0.1, 0.15) is 0 Å². The van der Waals surface area contributed by atoms with Crippen molar-refractivity contribution in [3.05, 3.63) is 35.9 Å². The number of nitrogens with one attached hydrogen (secondary N) is 1. The van der Waals surface area contributed by atoms with E-state index in [2.05, 4.69) is 40.5 Å². The molecule has 0 atom stereocenters. The van der Waals surface area contributed by atoms with Crippen LogP contribution in [0.2, 0.25) is 0 Å². The van der Waals surface area contributed by atoms with Gasteiger partial charge in [-0.15, -0.1) is 12.4 Å². The molecule has 0 spiro atoms. The highest BCUT2D eigenvalue weighted by Crippen LogP contribution is 2.37. The van der Waals surface area contributed by atoms with Gasteiger partial charge < -0.3 is 10.2 Å². The Morgan fingerprint density at radius 1 is 1.04 bits per heavy atom. The summed E-state index contributed by atoms with van der Waals surface area (Å²) in [5.74, 6) is 1.69. The fraction of sp³-hybridized carbons (Fsp3) is 0.632. The van der Waals surface area contributed by atoms with Gasteiger partial charge >= 0.3 is 0 Å². The first-order valence-electron chi connectivity index (χ1n) is 8.86. The van der Waals surface area contributed by atoms with E-state index in [-0.39, 0.29) is 12.4 Å². The van der Waals surface area contributed by atoms with Gasteiger partial charge in [-0.3, -0.25) is 4.79 Å². The number of halogens is 1. The van der Waals surface area contributed by atoms with Crippen molar-refractivity contribution in [2.45, 2.75) is 44.4 Å². The van der Waals surface area contributed by atoms with Gasteiger partial charge in [0.05, 0.1) is 0 Å². The van der Waals surface area contributed by atoms with Crippen LogP contribution in [0.15, 0.2) is 30.3 Å². The van der Waals surface area contributed by atoms with E-state index in [1.807, 2.05) is 0 Å². The highest BCUT2D eigenvalue weighted by Gasteiger charge is 2.25. The van der Waals surface area contributed by atoms with Crippen LogP contribution in [0.4, 0.5) is 0 Å². The normalized spacial score (nSPS) is 25.3. The van der Waals surface area contributed by atoms with E-state index < -0.39 is 0 Å². The Labute approximate surface area is 146 Å². The van der Waals surface area contributed by atoms with Crippen LogP contribution in [0.5, 0.6) is 0 Å². The van der Waals surface area contributed by atoms with Crippen LogP contribution < -0.4 is 5.32 Å². The van der Waals surface area contributed by atoms with E-state index >= 15 is 0 Å². The number of amides is 1. The molecule has 1 heterocycles. The standard InChI is InChI=1S/C19H28N2O.ClH/c22-19(21-13-4-11-20-12-14-21)15-16-7-9-18(10-8-16)17-5-2-1-3-6-17;/h1-3,5-6,16,18,20H,4,7-15H2;1H. The fourth-order valence-electron chi connectivity index (χ4n) is 3.90. The van der Waals surface area contributed by atoms with Crippen molar-refractivity contribution in [1.29, 1.82) is 0 Å². The van der Waals surface area contributed by atoms with Crippen molar-refractivity contribution in [1.82, 2.24) is 10.2 Å². The summed E-state index contributed by atoms with van der Waals surface area (Å²) >= 11 is 0. The summed E-state index contributed by atoms with van der Waals surface area (Å²) in [5, 5.41) is 3.37. The Bertz CT molecular complexity index is 464. The average Bonchev–Trinajstić information content (AvgIpc) is 2.86. The van der Waals surface area contributed by atoms with Crippen LogP contribution >= 0.6 is 12.4 Å². The highest BCUT2D eigenvalue weighted by atomic mass is 35.5. The molecule has 1 N–H and O–H groups in total. The smallest absolute Gasteiger partial charge is 0.222 e. The molecule has 1 aliphatic heterocycles. The number of hydrogen-bond donors (Lipinski definition) is 1. The fourth-order valence-corrected chi connectivity index (χ4v) is 3.90. The molecule has 128 valence electrons. The Hall–Kier alpha value is -1.06. The van der Waals surface area contributed by atoms with Crippen LogP contribution in [0.1, 0.15) is 50.0 Å². The first-order valence-corrected chi connectivity index (χ1v) is 8.86. The van der Waals surface area contributed by atoms with Gasteiger partial charge in [0.25, 0.3) is 0 Å². The molecule has 3 nitrogen and oxygen atoms in total. The molecule has 0 radical (unpaired) electrons. The van der Waals surface area contributed by atoms with Crippen LogP contribution in [-0.2, 0) is 4.79 Å². The summed E-state index contributed by atoms with van der Waals surface area (Å²) in [4.78, 5) is 14.5. The number of carbonyl (C=O) groups excluding carboxylic acids is 1. The van der Waals surface area contributed by atoms with Gasteiger partial charge in [-0.1, -0.05) is 30.3 Å². The maximum absolute atomic E-state index is 12.5. The number of benzene rings is 1. The van der Waals surface area contributed by atoms with Crippen molar-refractivity contribution >= 4 is 18.3 Å². The predicted molar refractivity (Wildman–Crippen MR) is 97.1 cm³/mol. The Morgan fingerprint density at radius 3 is 2.52 bits per heavy atom. The SMILES string of the molecule is Cl.O=C(CC1CCC(c2ccccc2)CC1)N1CCCNCC1. The quantitative estimate of drug-likeness (QED) is 0.914. The van der Waals surface area contributed by atoms with Gasteiger partial charge in [-0.05, 0) is 56.0 Å². The minimum Gasteiger partial charge on any atom is -0.341 e. The van der Waals surface area contributed by atoms with Crippen molar-refractivity contribution in [2.75, 3.05) is 26.2 Å². The number of hydrogen-bond acceptors (Lipinski definition) is 2. The van der Waals surface area contributed by atoms with Gasteiger partial charge in [0.15, 0.2) is 0 Å². The van der Waals surface area contributed by atoms with Gasteiger partial charge in [0.2, 0.25) is 5.91 Å². The van der Waals surface area contributed by atoms with E-state index in [4.69, 9.17) is 0 Å². The van der Waals surface area contributed by atoms with E-state index in [1.165, 1.54) is 31.2 Å². The molecule has 1 saturated carbocycles. The average molecular weight is 337 g/mol. The summed E-state index contributed by atoms with van der Waals surface area (Å²) in [7, 11) is 0. The molecule has 1 aromatic carbocycles. The van der Waals surface area contributed by atoms with Crippen LogP contribution in [0.25, 0.3) is 0 Å². The predicted octanol–water partition coefficient (Wildman–Crippen LogP) is 3.59. The van der Waals surface area contributed by atoms with Crippen LogP contribution in [-0.4, -0.2) is 37.0 Å². The van der Waals surface area contributed by atoms with Gasteiger partial charge in [-0.2, -0.15) is 0 Å². The lowest BCUT2D eigenvalue weighted by molar-refractivity contribution is -0.132. The molecule has 2 aliphatic rings.